The summed E-state index contributed by atoms with van der Waals surface area (Å²) in [5.41, 5.74) is -0.985. The molecule has 0 bridgehead atoms. The van der Waals surface area contributed by atoms with Crippen LogP contribution in [0.15, 0.2) is 55.4 Å². The highest BCUT2D eigenvalue weighted by Crippen LogP contribution is 2.30. The largest absolute Gasteiger partial charge is 0.416 e. The van der Waals surface area contributed by atoms with Crippen LogP contribution in [0.5, 0.6) is 0 Å². The first-order valence-electron chi connectivity index (χ1n) is 6.72. The lowest BCUT2D eigenvalue weighted by atomic mass is 10.2. The van der Waals surface area contributed by atoms with Crippen molar-refractivity contribution in [2.45, 2.75) is 6.18 Å². The molecule has 9 heteroatoms. The number of nitrogens with zero attached hydrogens (tertiary/aromatic N) is 4. The quantitative estimate of drug-likeness (QED) is 0.800. The van der Waals surface area contributed by atoms with Crippen LogP contribution in [-0.4, -0.2) is 25.4 Å². The summed E-state index contributed by atoms with van der Waals surface area (Å²) in [4.78, 5) is 23.8. The molecule has 3 rings (SSSR count). The Morgan fingerprint density at radius 3 is 2.62 bits per heavy atom. The van der Waals surface area contributed by atoms with Crippen LogP contribution >= 0.6 is 0 Å². The van der Waals surface area contributed by atoms with Gasteiger partial charge in [-0.2, -0.15) is 13.2 Å². The zero-order chi connectivity index (χ0) is 17.2. The number of aromatic nitrogens is 4. The second kappa shape index (κ2) is 6.11. The number of halogens is 3. The van der Waals surface area contributed by atoms with Crippen molar-refractivity contribution < 1.29 is 18.0 Å². The first-order valence-corrected chi connectivity index (χ1v) is 6.72. The smallest absolute Gasteiger partial charge is 0.319 e. The third kappa shape index (κ3) is 3.40. The fraction of sp³-hybridized carbons (Fsp3) is 0.0667. The van der Waals surface area contributed by atoms with Crippen LogP contribution in [0.1, 0.15) is 16.1 Å². The van der Waals surface area contributed by atoms with E-state index in [1.54, 1.807) is 12.1 Å². The van der Waals surface area contributed by atoms with E-state index in [1.165, 1.54) is 35.7 Å². The van der Waals surface area contributed by atoms with Gasteiger partial charge in [-0.25, -0.2) is 9.97 Å². The zero-order valence-electron chi connectivity index (χ0n) is 12.0. The van der Waals surface area contributed by atoms with Gasteiger partial charge in [-0.15, -0.1) is 0 Å². The molecule has 3 aromatic rings. The standard InChI is InChI=1S/C15H10F3N5O/c16-15(17,18)10-6-12(14(24)21-11-2-1-3-19-8-11)22-13(7-10)23-5-4-20-9-23/h1-9H,(H,21,24). The van der Waals surface area contributed by atoms with E-state index in [9.17, 15) is 18.0 Å². The molecule has 0 unspecified atom stereocenters. The SMILES string of the molecule is O=C(Nc1cccnc1)c1cc(C(F)(F)F)cc(-n2ccnc2)n1. The Hall–Kier alpha value is -3.23. The van der Waals surface area contributed by atoms with Gasteiger partial charge in [0.25, 0.3) is 5.91 Å². The van der Waals surface area contributed by atoms with E-state index < -0.39 is 17.6 Å². The van der Waals surface area contributed by atoms with E-state index >= 15 is 0 Å². The number of nitrogens with one attached hydrogen (secondary N) is 1. The topological polar surface area (TPSA) is 72.7 Å². The predicted molar refractivity (Wildman–Crippen MR) is 78.6 cm³/mol. The van der Waals surface area contributed by atoms with Crippen LogP contribution in [0.25, 0.3) is 5.82 Å². The molecule has 122 valence electrons. The number of alkyl halides is 3. The number of hydrogen-bond donors (Lipinski definition) is 1. The number of amides is 1. The number of hydrogen-bond acceptors (Lipinski definition) is 4. The summed E-state index contributed by atoms with van der Waals surface area (Å²) >= 11 is 0. The van der Waals surface area contributed by atoms with E-state index in [-0.39, 0.29) is 11.5 Å². The molecule has 0 fully saturated rings. The summed E-state index contributed by atoms with van der Waals surface area (Å²) < 4.78 is 40.5. The molecule has 3 heterocycles. The number of pyridine rings is 2. The number of carbonyl (C=O) groups excluding carboxylic acids is 1. The maximum absolute atomic E-state index is 13.1. The van der Waals surface area contributed by atoms with Crippen molar-refractivity contribution >= 4 is 11.6 Å². The Labute approximate surface area is 134 Å². The molecule has 0 atom stereocenters. The molecule has 1 N–H and O–H groups in total. The highest BCUT2D eigenvalue weighted by Gasteiger charge is 2.32. The average molecular weight is 333 g/mol. The Kier molecular flexibility index (Phi) is 3.98. The summed E-state index contributed by atoms with van der Waals surface area (Å²) in [5.74, 6) is -0.825. The van der Waals surface area contributed by atoms with Crippen LogP contribution in [0.3, 0.4) is 0 Å². The Morgan fingerprint density at radius 2 is 2.00 bits per heavy atom. The van der Waals surface area contributed by atoms with Gasteiger partial charge in [0.2, 0.25) is 0 Å². The second-order valence-electron chi connectivity index (χ2n) is 4.76. The molecule has 0 saturated carbocycles. The Balaban J connectivity index is 2.00. The monoisotopic (exact) mass is 333 g/mol. The normalized spacial score (nSPS) is 11.3. The van der Waals surface area contributed by atoms with Gasteiger partial charge in [-0.05, 0) is 24.3 Å². The van der Waals surface area contributed by atoms with Crippen molar-refractivity contribution in [3.63, 3.8) is 0 Å². The maximum Gasteiger partial charge on any atom is 0.416 e. The lowest BCUT2D eigenvalue weighted by molar-refractivity contribution is -0.137. The molecule has 0 aromatic carbocycles. The van der Waals surface area contributed by atoms with Gasteiger partial charge in [-0.3, -0.25) is 14.3 Å². The highest BCUT2D eigenvalue weighted by molar-refractivity contribution is 6.03. The van der Waals surface area contributed by atoms with Crippen LogP contribution in [0, 0.1) is 0 Å². The molecule has 0 saturated heterocycles. The number of carbonyl (C=O) groups is 1. The van der Waals surface area contributed by atoms with Gasteiger partial charge in [0.05, 0.1) is 17.4 Å². The summed E-state index contributed by atoms with van der Waals surface area (Å²) in [6.07, 6.45) is 2.41. The zero-order valence-corrected chi connectivity index (χ0v) is 12.0. The lowest BCUT2D eigenvalue weighted by Gasteiger charge is -2.12. The number of rotatable bonds is 3. The molecule has 3 aromatic heterocycles. The van der Waals surface area contributed by atoms with Crippen molar-refractivity contribution in [1.29, 1.82) is 0 Å². The van der Waals surface area contributed by atoms with Gasteiger partial charge in [-0.1, -0.05) is 0 Å². The van der Waals surface area contributed by atoms with Crippen molar-refractivity contribution in [3.8, 4) is 5.82 Å². The minimum atomic E-state index is -4.61. The maximum atomic E-state index is 13.1. The number of imidazole rings is 1. The highest BCUT2D eigenvalue weighted by atomic mass is 19.4. The van der Waals surface area contributed by atoms with Crippen LogP contribution in [0.4, 0.5) is 18.9 Å². The molecular weight excluding hydrogens is 323 g/mol. The Morgan fingerprint density at radius 1 is 1.17 bits per heavy atom. The van der Waals surface area contributed by atoms with Gasteiger partial charge in [0.15, 0.2) is 0 Å². The van der Waals surface area contributed by atoms with Crippen LogP contribution < -0.4 is 5.32 Å². The van der Waals surface area contributed by atoms with E-state index in [2.05, 4.69) is 20.3 Å². The molecule has 0 radical (unpaired) electrons. The fourth-order valence-electron chi connectivity index (χ4n) is 1.95. The minimum Gasteiger partial charge on any atom is -0.319 e. The minimum absolute atomic E-state index is 0.0568. The van der Waals surface area contributed by atoms with Gasteiger partial charge >= 0.3 is 6.18 Å². The first-order chi connectivity index (χ1) is 11.4. The summed E-state index contributed by atoms with van der Waals surface area (Å²) in [6, 6.07) is 4.70. The van der Waals surface area contributed by atoms with Gasteiger partial charge in [0, 0.05) is 18.6 Å². The van der Waals surface area contributed by atoms with E-state index in [0.717, 1.165) is 6.07 Å². The Bertz CT molecular complexity index is 847. The molecule has 0 spiro atoms. The van der Waals surface area contributed by atoms with E-state index in [0.29, 0.717) is 11.8 Å². The third-order valence-electron chi connectivity index (χ3n) is 3.06. The third-order valence-corrected chi connectivity index (χ3v) is 3.06. The number of anilines is 1. The van der Waals surface area contributed by atoms with Gasteiger partial charge < -0.3 is 5.32 Å². The molecule has 0 aliphatic carbocycles. The summed E-state index contributed by atoms with van der Waals surface area (Å²) in [5, 5.41) is 2.45. The average Bonchev–Trinajstić information content (AvgIpc) is 3.09. The molecule has 24 heavy (non-hydrogen) atoms. The van der Waals surface area contributed by atoms with Crippen molar-refractivity contribution in [2.24, 2.45) is 0 Å². The van der Waals surface area contributed by atoms with Crippen molar-refractivity contribution in [3.05, 3.63) is 66.6 Å². The molecular formula is C15H10F3N5O. The predicted octanol–water partition coefficient (Wildman–Crippen LogP) is 2.93. The molecule has 0 aliphatic rings. The molecule has 0 aliphatic heterocycles. The molecule has 1 amide bonds. The van der Waals surface area contributed by atoms with Gasteiger partial charge in [0.1, 0.15) is 17.8 Å². The van der Waals surface area contributed by atoms with E-state index in [4.69, 9.17) is 0 Å². The summed E-state index contributed by atoms with van der Waals surface area (Å²) in [6.45, 7) is 0. The fourth-order valence-corrected chi connectivity index (χ4v) is 1.95. The van der Waals surface area contributed by atoms with Crippen LogP contribution in [-0.2, 0) is 6.18 Å². The van der Waals surface area contributed by atoms with Crippen LogP contribution in [0.2, 0.25) is 0 Å². The molecule has 6 nitrogen and oxygen atoms in total. The second-order valence-corrected chi connectivity index (χ2v) is 4.76. The van der Waals surface area contributed by atoms with Crippen molar-refractivity contribution in [1.82, 2.24) is 19.5 Å². The van der Waals surface area contributed by atoms with E-state index in [1.807, 2.05) is 0 Å². The summed E-state index contributed by atoms with van der Waals surface area (Å²) in [7, 11) is 0. The first kappa shape index (κ1) is 15.7. The lowest BCUT2D eigenvalue weighted by Crippen LogP contribution is -2.17. The van der Waals surface area contributed by atoms with Crippen molar-refractivity contribution in [2.75, 3.05) is 5.32 Å².